The summed E-state index contributed by atoms with van der Waals surface area (Å²) in [6, 6.07) is 13.1. The first-order chi connectivity index (χ1) is 20.0. The molecular formula is C31H32FN9. The Morgan fingerprint density at radius 1 is 0.902 bits per heavy atom. The van der Waals surface area contributed by atoms with E-state index in [0.29, 0.717) is 23.4 Å². The van der Waals surface area contributed by atoms with E-state index in [9.17, 15) is 4.39 Å². The fraction of sp³-hybridized carbons (Fsp3) is 0.226. The number of pyridine rings is 3. The van der Waals surface area contributed by atoms with Gasteiger partial charge in [-0.2, -0.15) is 5.10 Å². The fourth-order valence-corrected chi connectivity index (χ4v) is 4.94. The number of anilines is 1. The van der Waals surface area contributed by atoms with Crippen LogP contribution in [0.25, 0.3) is 55.7 Å². The minimum Gasteiger partial charge on any atom is -0.384 e. The van der Waals surface area contributed by atoms with Crippen LogP contribution in [0.5, 0.6) is 0 Å². The molecule has 10 heteroatoms. The summed E-state index contributed by atoms with van der Waals surface area (Å²) in [5, 5.41) is 16.1. The Morgan fingerprint density at radius 2 is 1.78 bits per heavy atom. The number of halogens is 1. The number of nitrogens with zero attached hydrogens (tertiary/aromatic N) is 5. The highest BCUT2D eigenvalue weighted by Gasteiger charge is 2.16. The quantitative estimate of drug-likeness (QED) is 0.180. The zero-order valence-corrected chi connectivity index (χ0v) is 23.3. The molecule has 0 bridgehead atoms. The Kier molecular flexibility index (Phi) is 7.41. The molecular weight excluding hydrogens is 517 g/mol. The molecule has 6 rings (SSSR count). The van der Waals surface area contributed by atoms with E-state index in [1.54, 1.807) is 6.20 Å². The molecule has 0 spiro atoms. The van der Waals surface area contributed by atoms with E-state index in [1.807, 2.05) is 50.9 Å². The molecule has 0 aliphatic carbocycles. The van der Waals surface area contributed by atoms with Gasteiger partial charge >= 0.3 is 0 Å². The first-order valence-corrected chi connectivity index (χ1v) is 13.7. The normalized spacial score (nSPS) is 11.6. The number of fused-ring (bicyclic) bond motifs is 2. The van der Waals surface area contributed by atoms with Crippen molar-refractivity contribution in [3.05, 3.63) is 78.6 Å². The Morgan fingerprint density at radius 3 is 2.63 bits per heavy atom. The van der Waals surface area contributed by atoms with Gasteiger partial charge in [-0.1, -0.05) is 6.92 Å². The minimum absolute atomic E-state index is 0.314. The Balaban J connectivity index is 1.37. The van der Waals surface area contributed by atoms with E-state index < -0.39 is 0 Å². The number of benzene rings is 1. The maximum absolute atomic E-state index is 14.7. The van der Waals surface area contributed by atoms with Crippen LogP contribution in [0.3, 0.4) is 0 Å². The summed E-state index contributed by atoms with van der Waals surface area (Å²) in [4.78, 5) is 19.2. The van der Waals surface area contributed by atoms with Crippen molar-refractivity contribution in [3.63, 3.8) is 0 Å². The number of hydrogen-bond donors (Lipinski definition) is 4. The molecule has 0 fully saturated rings. The van der Waals surface area contributed by atoms with Gasteiger partial charge in [0.05, 0.1) is 11.4 Å². The lowest BCUT2D eigenvalue weighted by molar-refractivity contribution is 0.425. The van der Waals surface area contributed by atoms with Crippen LogP contribution >= 0.6 is 0 Å². The average molecular weight is 550 g/mol. The van der Waals surface area contributed by atoms with Crippen LogP contribution in [-0.4, -0.2) is 68.8 Å². The number of aromatic nitrogens is 6. The summed E-state index contributed by atoms with van der Waals surface area (Å²) in [5.74, 6) is -0.314. The number of hydrogen-bond acceptors (Lipinski definition) is 7. The second-order valence-corrected chi connectivity index (χ2v) is 10.3. The van der Waals surface area contributed by atoms with Gasteiger partial charge in [-0.15, -0.1) is 0 Å². The first-order valence-electron chi connectivity index (χ1n) is 13.7. The molecule has 0 aliphatic heterocycles. The van der Waals surface area contributed by atoms with Gasteiger partial charge in [-0.3, -0.25) is 15.1 Å². The van der Waals surface area contributed by atoms with Gasteiger partial charge in [-0.05, 0) is 68.7 Å². The van der Waals surface area contributed by atoms with Crippen LogP contribution in [-0.2, 0) is 6.54 Å². The average Bonchev–Trinajstić information content (AvgIpc) is 3.59. The maximum Gasteiger partial charge on any atom is 0.155 e. The monoisotopic (exact) mass is 549 g/mol. The number of rotatable bonds is 10. The smallest absolute Gasteiger partial charge is 0.155 e. The summed E-state index contributed by atoms with van der Waals surface area (Å²) in [6.45, 7) is 5.28. The van der Waals surface area contributed by atoms with E-state index in [1.165, 1.54) is 12.1 Å². The van der Waals surface area contributed by atoms with Gasteiger partial charge in [0.2, 0.25) is 0 Å². The molecule has 0 atom stereocenters. The third kappa shape index (κ3) is 5.65. The largest absolute Gasteiger partial charge is 0.384 e. The standard InChI is InChI=1S/C31H32FN9/c1-4-33-15-19-9-21(17-34-16-19)22-12-26-30(39-40-31(26)37-18-22)28-14-25-27(38-28)5-6-36-29(25)20-10-23(32)13-24(11-20)35-7-8-41(2)3/h5-6,9-14,16-18,33,35,38H,4,7-8,15H2,1-3H3,(H,37,39,40). The van der Waals surface area contributed by atoms with Crippen molar-refractivity contribution in [1.82, 2.24) is 40.3 Å². The molecule has 5 aromatic heterocycles. The van der Waals surface area contributed by atoms with Crippen LogP contribution < -0.4 is 10.6 Å². The highest BCUT2D eigenvalue weighted by Crippen LogP contribution is 2.34. The topological polar surface area (TPSA) is 110 Å². The molecule has 4 N–H and O–H groups in total. The molecule has 9 nitrogen and oxygen atoms in total. The molecule has 1 aromatic carbocycles. The Hall–Kier alpha value is -4.67. The van der Waals surface area contributed by atoms with Crippen molar-refractivity contribution in [2.75, 3.05) is 39.0 Å². The van der Waals surface area contributed by atoms with Crippen LogP contribution in [0, 0.1) is 5.82 Å². The summed E-state index contributed by atoms with van der Waals surface area (Å²) in [5.41, 5.74) is 8.32. The predicted octanol–water partition coefficient (Wildman–Crippen LogP) is 5.45. The minimum atomic E-state index is -0.314. The van der Waals surface area contributed by atoms with Crippen molar-refractivity contribution in [3.8, 4) is 33.8 Å². The number of aromatic amines is 2. The SMILES string of the molecule is CCNCc1cncc(-c2cnc3[nH]nc(-c4cc5c(-c6cc(F)cc(NCCN(C)C)c6)nccc5[nH]4)c3c2)c1. The van der Waals surface area contributed by atoms with Crippen molar-refractivity contribution >= 4 is 27.6 Å². The van der Waals surface area contributed by atoms with Crippen LogP contribution in [0.4, 0.5) is 10.1 Å². The van der Waals surface area contributed by atoms with E-state index in [-0.39, 0.29) is 5.82 Å². The van der Waals surface area contributed by atoms with E-state index in [2.05, 4.69) is 64.7 Å². The molecule has 0 aliphatic rings. The van der Waals surface area contributed by atoms with E-state index in [0.717, 1.165) is 69.7 Å². The fourth-order valence-electron chi connectivity index (χ4n) is 4.94. The van der Waals surface area contributed by atoms with Gasteiger partial charge in [0.25, 0.3) is 0 Å². The molecule has 0 unspecified atom stereocenters. The molecule has 5 heterocycles. The van der Waals surface area contributed by atoms with Crippen molar-refractivity contribution in [1.29, 1.82) is 0 Å². The number of H-pyrrole nitrogens is 2. The van der Waals surface area contributed by atoms with E-state index >= 15 is 0 Å². The second-order valence-electron chi connectivity index (χ2n) is 10.3. The van der Waals surface area contributed by atoms with Gasteiger partial charge in [0.15, 0.2) is 5.65 Å². The zero-order chi connectivity index (χ0) is 28.3. The highest BCUT2D eigenvalue weighted by molar-refractivity contribution is 6.00. The van der Waals surface area contributed by atoms with Crippen molar-refractivity contribution in [2.24, 2.45) is 0 Å². The predicted molar refractivity (Wildman–Crippen MR) is 162 cm³/mol. The van der Waals surface area contributed by atoms with Crippen LogP contribution in [0.15, 0.2) is 67.3 Å². The summed E-state index contributed by atoms with van der Waals surface area (Å²) < 4.78 is 14.7. The molecule has 0 radical (unpaired) electrons. The van der Waals surface area contributed by atoms with E-state index in [4.69, 9.17) is 0 Å². The van der Waals surface area contributed by atoms with Gasteiger partial charge < -0.3 is 20.5 Å². The third-order valence-corrected chi connectivity index (χ3v) is 6.99. The molecule has 0 saturated carbocycles. The number of likely N-dealkylation sites (N-methyl/N-ethyl adjacent to an activating group) is 1. The maximum atomic E-state index is 14.7. The lowest BCUT2D eigenvalue weighted by Crippen LogP contribution is -2.20. The highest BCUT2D eigenvalue weighted by atomic mass is 19.1. The summed E-state index contributed by atoms with van der Waals surface area (Å²) in [7, 11) is 4.01. The molecule has 41 heavy (non-hydrogen) atoms. The van der Waals surface area contributed by atoms with Crippen molar-refractivity contribution in [2.45, 2.75) is 13.5 Å². The van der Waals surface area contributed by atoms with Crippen molar-refractivity contribution < 1.29 is 4.39 Å². The molecule has 0 saturated heterocycles. The molecule has 0 amide bonds. The first kappa shape index (κ1) is 26.5. The number of nitrogens with one attached hydrogen (secondary N) is 4. The second kappa shape index (κ2) is 11.4. The summed E-state index contributed by atoms with van der Waals surface area (Å²) in [6.07, 6.45) is 7.29. The summed E-state index contributed by atoms with van der Waals surface area (Å²) >= 11 is 0. The van der Waals surface area contributed by atoms with Gasteiger partial charge in [-0.25, -0.2) is 9.37 Å². The lowest BCUT2D eigenvalue weighted by Gasteiger charge is -2.12. The zero-order valence-electron chi connectivity index (χ0n) is 23.3. The van der Waals surface area contributed by atoms with Gasteiger partial charge in [0, 0.05) is 83.1 Å². The Bertz CT molecular complexity index is 1820. The van der Waals surface area contributed by atoms with Crippen LogP contribution in [0.2, 0.25) is 0 Å². The van der Waals surface area contributed by atoms with Gasteiger partial charge in [0.1, 0.15) is 11.5 Å². The van der Waals surface area contributed by atoms with Crippen LogP contribution in [0.1, 0.15) is 12.5 Å². The lowest BCUT2D eigenvalue weighted by atomic mass is 10.0. The molecule has 6 aromatic rings. The third-order valence-electron chi connectivity index (χ3n) is 6.99. The Labute approximate surface area is 237 Å². The molecule has 208 valence electrons.